The number of carbonyl (C=O) groups is 2. The third-order valence-electron chi connectivity index (χ3n) is 4.98. The molecule has 32 heavy (non-hydrogen) atoms. The summed E-state index contributed by atoms with van der Waals surface area (Å²) in [7, 11) is 4.60. The summed E-state index contributed by atoms with van der Waals surface area (Å²) in [4.78, 5) is 26.4. The van der Waals surface area contributed by atoms with Crippen LogP contribution >= 0.6 is 0 Å². The molecule has 1 aliphatic rings. The minimum Gasteiger partial charge on any atom is -0.493 e. The Morgan fingerprint density at radius 2 is 1.59 bits per heavy atom. The lowest BCUT2D eigenvalue weighted by Gasteiger charge is -2.26. The summed E-state index contributed by atoms with van der Waals surface area (Å²) in [6.45, 7) is 2.20. The molecular weight excluding hydrogens is 414 g/mol. The number of hydrogen-bond acceptors (Lipinski definition) is 7. The largest absolute Gasteiger partial charge is 0.493 e. The van der Waals surface area contributed by atoms with Crippen molar-refractivity contribution in [2.45, 2.75) is 0 Å². The van der Waals surface area contributed by atoms with Gasteiger partial charge >= 0.3 is 0 Å². The van der Waals surface area contributed by atoms with Gasteiger partial charge in [0.2, 0.25) is 5.75 Å². The molecule has 0 bridgehead atoms. The second-order valence-electron chi connectivity index (χ2n) is 6.96. The van der Waals surface area contributed by atoms with Crippen LogP contribution < -0.4 is 18.9 Å². The van der Waals surface area contributed by atoms with Crippen LogP contribution in [0.5, 0.6) is 23.0 Å². The third-order valence-corrected chi connectivity index (χ3v) is 4.98. The van der Waals surface area contributed by atoms with Crippen molar-refractivity contribution in [3.63, 3.8) is 0 Å². The van der Waals surface area contributed by atoms with Gasteiger partial charge in [0, 0.05) is 18.7 Å². The number of hydrogen-bond donors (Lipinski definition) is 0. The second kappa shape index (κ2) is 11.2. The molecule has 1 saturated heterocycles. The van der Waals surface area contributed by atoms with Crippen LogP contribution in [0, 0.1) is 0 Å². The molecule has 1 aliphatic heterocycles. The quantitative estimate of drug-likeness (QED) is 0.437. The maximum atomic E-state index is 12.5. The van der Waals surface area contributed by atoms with Gasteiger partial charge in [-0.15, -0.1) is 0 Å². The second-order valence-corrected chi connectivity index (χ2v) is 6.96. The first-order valence-corrected chi connectivity index (χ1v) is 10.2. The highest BCUT2D eigenvalue weighted by Gasteiger charge is 2.17. The van der Waals surface area contributed by atoms with Gasteiger partial charge in [-0.2, -0.15) is 0 Å². The molecule has 0 unspecified atom stereocenters. The van der Waals surface area contributed by atoms with Gasteiger partial charge in [0.15, 0.2) is 23.9 Å². The number of methoxy groups -OCH3 is 3. The summed E-state index contributed by atoms with van der Waals surface area (Å²) in [5, 5.41) is 0. The summed E-state index contributed by atoms with van der Waals surface area (Å²) in [5.74, 6) is 1.77. The van der Waals surface area contributed by atoms with Gasteiger partial charge in [0.25, 0.3) is 5.91 Å². The zero-order valence-electron chi connectivity index (χ0n) is 18.5. The molecule has 3 rings (SSSR count). The predicted molar refractivity (Wildman–Crippen MR) is 119 cm³/mol. The van der Waals surface area contributed by atoms with E-state index >= 15 is 0 Å². The van der Waals surface area contributed by atoms with Crippen LogP contribution in [-0.4, -0.2) is 70.8 Å². The molecular formula is C24H27NO7. The van der Waals surface area contributed by atoms with Crippen LogP contribution in [0.2, 0.25) is 0 Å². The predicted octanol–water partition coefficient (Wildman–Crippen LogP) is 2.85. The SMILES string of the molecule is COc1cc(/C=C/C(=O)c2ccc(OCC(=O)N3CCOCC3)cc2)cc(OC)c1OC. The normalized spacial score (nSPS) is 13.7. The van der Waals surface area contributed by atoms with Gasteiger partial charge in [-0.1, -0.05) is 6.08 Å². The smallest absolute Gasteiger partial charge is 0.260 e. The molecule has 1 amide bonds. The van der Waals surface area contributed by atoms with Crippen LogP contribution in [0.4, 0.5) is 0 Å². The van der Waals surface area contributed by atoms with Gasteiger partial charge in [-0.3, -0.25) is 9.59 Å². The van der Waals surface area contributed by atoms with Crippen molar-refractivity contribution in [1.82, 2.24) is 4.90 Å². The fourth-order valence-electron chi connectivity index (χ4n) is 3.23. The molecule has 8 nitrogen and oxygen atoms in total. The molecule has 2 aromatic carbocycles. The van der Waals surface area contributed by atoms with Crippen LogP contribution in [-0.2, 0) is 9.53 Å². The van der Waals surface area contributed by atoms with E-state index in [-0.39, 0.29) is 18.3 Å². The van der Waals surface area contributed by atoms with Crippen molar-refractivity contribution in [2.24, 2.45) is 0 Å². The van der Waals surface area contributed by atoms with Crippen molar-refractivity contribution in [3.8, 4) is 23.0 Å². The Kier molecular flexibility index (Phi) is 8.10. The average Bonchev–Trinajstić information content (AvgIpc) is 2.85. The number of ketones is 1. The molecule has 170 valence electrons. The van der Waals surface area contributed by atoms with E-state index in [1.165, 1.54) is 27.4 Å². The summed E-state index contributed by atoms with van der Waals surface area (Å²) in [5.41, 5.74) is 1.23. The molecule has 0 aliphatic carbocycles. The number of nitrogens with zero attached hydrogens (tertiary/aromatic N) is 1. The van der Waals surface area contributed by atoms with E-state index in [9.17, 15) is 9.59 Å². The Morgan fingerprint density at radius 1 is 0.969 bits per heavy atom. The van der Waals surface area contributed by atoms with Gasteiger partial charge in [0.05, 0.1) is 34.5 Å². The van der Waals surface area contributed by atoms with Crippen molar-refractivity contribution in [2.75, 3.05) is 54.2 Å². The molecule has 0 N–H and O–H groups in total. The fraction of sp³-hybridized carbons (Fsp3) is 0.333. The number of ether oxygens (including phenoxy) is 5. The van der Waals surface area contributed by atoms with Gasteiger partial charge in [0.1, 0.15) is 5.75 Å². The molecule has 0 atom stereocenters. The first-order valence-electron chi connectivity index (χ1n) is 10.2. The minimum absolute atomic E-state index is 0.0473. The number of rotatable bonds is 9. The summed E-state index contributed by atoms with van der Waals surface area (Å²) in [6, 6.07) is 10.2. The maximum Gasteiger partial charge on any atom is 0.260 e. The van der Waals surface area contributed by atoms with Crippen molar-refractivity contribution >= 4 is 17.8 Å². The highest BCUT2D eigenvalue weighted by molar-refractivity contribution is 6.06. The summed E-state index contributed by atoms with van der Waals surface area (Å²) in [6.07, 6.45) is 3.15. The fourth-order valence-corrected chi connectivity index (χ4v) is 3.23. The van der Waals surface area contributed by atoms with E-state index in [2.05, 4.69) is 0 Å². The number of amides is 1. The zero-order chi connectivity index (χ0) is 22.9. The lowest BCUT2D eigenvalue weighted by Crippen LogP contribution is -2.42. The highest BCUT2D eigenvalue weighted by Crippen LogP contribution is 2.38. The molecule has 0 radical (unpaired) electrons. The van der Waals surface area contributed by atoms with Crippen LogP contribution in [0.15, 0.2) is 42.5 Å². The number of benzene rings is 2. The minimum atomic E-state index is -0.172. The molecule has 0 saturated carbocycles. The lowest BCUT2D eigenvalue weighted by molar-refractivity contribution is -0.137. The highest BCUT2D eigenvalue weighted by atomic mass is 16.5. The Balaban J connectivity index is 1.61. The number of morpholine rings is 1. The molecule has 8 heteroatoms. The summed E-state index contributed by atoms with van der Waals surface area (Å²) >= 11 is 0. The van der Waals surface area contributed by atoms with Crippen LogP contribution in [0.1, 0.15) is 15.9 Å². The maximum absolute atomic E-state index is 12.5. The Labute approximate surface area is 187 Å². The van der Waals surface area contributed by atoms with Gasteiger partial charge in [-0.25, -0.2) is 0 Å². The van der Waals surface area contributed by atoms with E-state index in [0.717, 1.165) is 5.56 Å². The topological polar surface area (TPSA) is 83.5 Å². The van der Waals surface area contributed by atoms with E-state index in [1.807, 2.05) is 0 Å². The molecule has 0 spiro atoms. The van der Waals surface area contributed by atoms with Gasteiger partial charge in [-0.05, 0) is 48.0 Å². The van der Waals surface area contributed by atoms with Crippen molar-refractivity contribution in [3.05, 3.63) is 53.6 Å². The molecule has 0 aromatic heterocycles. The van der Waals surface area contributed by atoms with Crippen molar-refractivity contribution in [1.29, 1.82) is 0 Å². The lowest BCUT2D eigenvalue weighted by atomic mass is 10.1. The van der Waals surface area contributed by atoms with Crippen LogP contribution in [0.3, 0.4) is 0 Å². The first-order chi connectivity index (χ1) is 15.5. The van der Waals surface area contributed by atoms with E-state index in [4.69, 9.17) is 23.7 Å². The van der Waals surface area contributed by atoms with E-state index < -0.39 is 0 Å². The number of carbonyl (C=O) groups excluding carboxylic acids is 2. The van der Waals surface area contributed by atoms with E-state index in [0.29, 0.717) is 54.9 Å². The van der Waals surface area contributed by atoms with Crippen LogP contribution in [0.25, 0.3) is 6.08 Å². The van der Waals surface area contributed by atoms with E-state index in [1.54, 1.807) is 47.4 Å². The average molecular weight is 441 g/mol. The Morgan fingerprint density at radius 3 is 2.16 bits per heavy atom. The Hall–Kier alpha value is -3.52. The third kappa shape index (κ3) is 5.79. The molecule has 1 heterocycles. The monoisotopic (exact) mass is 441 g/mol. The standard InChI is InChI=1S/C24H27NO7/c1-28-21-14-17(15-22(29-2)24(21)30-3)4-9-20(26)18-5-7-19(8-6-18)32-16-23(27)25-10-12-31-13-11-25/h4-9,14-15H,10-13,16H2,1-3H3/b9-4+. The van der Waals surface area contributed by atoms with Crippen molar-refractivity contribution < 1.29 is 33.3 Å². The first kappa shape index (κ1) is 23.1. The van der Waals surface area contributed by atoms with Gasteiger partial charge < -0.3 is 28.6 Å². The summed E-state index contributed by atoms with van der Waals surface area (Å²) < 4.78 is 26.8. The Bertz CT molecular complexity index is 938. The number of allylic oxidation sites excluding steroid dienone is 1. The molecule has 2 aromatic rings. The molecule has 1 fully saturated rings. The zero-order valence-corrected chi connectivity index (χ0v) is 18.5.